The van der Waals surface area contributed by atoms with Crippen molar-refractivity contribution in [2.75, 3.05) is 19.1 Å². The molecule has 1 unspecified atom stereocenters. The fourth-order valence-electron chi connectivity index (χ4n) is 3.07. The SMILES string of the molecule is COC(=O)C1(C(=O)OC)C([Se])=NC(c2ccccc2)N1c1ccccc1. The third-order valence-electron chi connectivity index (χ3n) is 4.25. The van der Waals surface area contributed by atoms with E-state index in [9.17, 15) is 9.59 Å². The van der Waals surface area contributed by atoms with Crippen molar-refractivity contribution in [1.82, 2.24) is 0 Å². The molecule has 0 amide bonds. The fourth-order valence-corrected chi connectivity index (χ4v) is 3.84. The number of ether oxygens (including phenoxy) is 2. The van der Waals surface area contributed by atoms with Gasteiger partial charge in [-0.15, -0.1) is 0 Å². The number of hydrogen-bond acceptors (Lipinski definition) is 6. The van der Waals surface area contributed by atoms with Crippen LogP contribution in [0.4, 0.5) is 5.69 Å². The van der Waals surface area contributed by atoms with Crippen molar-refractivity contribution in [2.24, 2.45) is 4.99 Å². The second kappa shape index (κ2) is 7.31. The Kier molecular flexibility index (Phi) is 5.11. The van der Waals surface area contributed by atoms with E-state index in [4.69, 9.17) is 9.47 Å². The van der Waals surface area contributed by atoms with Gasteiger partial charge in [-0.05, 0) is 0 Å². The predicted molar refractivity (Wildman–Crippen MR) is 98.1 cm³/mol. The minimum atomic E-state index is -1.83. The Balaban J connectivity index is 2.27. The van der Waals surface area contributed by atoms with Crippen molar-refractivity contribution in [2.45, 2.75) is 11.7 Å². The van der Waals surface area contributed by atoms with E-state index in [0.717, 1.165) is 5.56 Å². The molecule has 1 radical (unpaired) electrons. The summed E-state index contributed by atoms with van der Waals surface area (Å²) < 4.78 is 10.2. The Bertz CT molecular complexity index is 823. The number of carbonyl (C=O) groups excluding carboxylic acids is 2. The summed E-state index contributed by atoms with van der Waals surface area (Å²) in [5.41, 5.74) is -0.351. The van der Waals surface area contributed by atoms with Gasteiger partial charge >= 0.3 is 159 Å². The van der Waals surface area contributed by atoms with E-state index >= 15 is 0 Å². The Morgan fingerprint density at radius 1 is 0.962 bits per heavy atom. The van der Waals surface area contributed by atoms with Crippen molar-refractivity contribution in [3.05, 3.63) is 66.2 Å². The first kappa shape index (κ1) is 18.2. The summed E-state index contributed by atoms with van der Waals surface area (Å²) in [4.78, 5) is 31.9. The van der Waals surface area contributed by atoms with Gasteiger partial charge in [0, 0.05) is 0 Å². The molecule has 0 aromatic heterocycles. The molecule has 2 aromatic carbocycles. The molecule has 0 aliphatic carbocycles. The Morgan fingerprint density at radius 3 is 1.96 bits per heavy atom. The van der Waals surface area contributed by atoms with E-state index in [2.05, 4.69) is 21.0 Å². The first-order valence-corrected chi connectivity index (χ1v) is 8.74. The minimum absolute atomic E-state index is 0.203. The van der Waals surface area contributed by atoms with Crippen molar-refractivity contribution >= 4 is 38.2 Å². The topological polar surface area (TPSA) is 68.2 Å². The van der Waals surface area contributed by atoms with Crippen molar-refractivity contribution < 1.29 is 19.1 Å². The molecule has 26 heavy (non-hydrogen) atoms. The van der Waals surface area contributed by atoms with Crippen LogP contribution in [-0.4, -0.2) is 52.3 Å². The maximum atomic E-state index is 12.8. The predicted octanol–water partition coefficient (Wildman–Crippen LogP) is 1.86. The number of rotatable bonds is 4. The maximum absolute atomic E-state index is 12.8. The molecule has 6 nitrogen and oxygen atoms in total. The average Bonchev–Trinajstić information content (AvgIpc) is 3.02. The Morgan fingerprint density at radius 2 is 1.46 bits per heavy atom. The van der Waals surface area contributed by atoms with Crippen LogP contribution in [0.15, 0.2) is 65.7 Å². The molecule has 7 heteroatoms. The number of hydrogen-bond donors (Lipinski definition) is 0. The summed E-state index contributed by atoms with van der Waals surface area (Å²) in [6.07, 6.45) is -0.590. The van der Waals surface area contributed by atoms with E-state index in [1.165, 1.54) is 14.2 Å². The van der Waals surface area contributed by atoms with Gasteiger partial charge in [-0.1, -0.05) is 0 Å². The zero-order valence-corrected chi connectivity index (χ0v) is 16.0. The molecule has 133 valence electrons. The third-order valence-corrected chi connectivity index (χ3v) is 5.09. The van der Waals surface area contributed by atoms with Gasteiger partial charge in [-0.3, -0.25) is 0 Å². The number of anilines is 1. The number of methoxy groups -OCH3 is 2. The van der Waals surface area contributed by atoms with Crippen LogP contribution in [0.5, 0.6) is 0 Å². The van der Waals surface area contributed by atoms with E-state index in [-0.39, 0.29) is 4.61 Å². The molecule has 0 saturated heterocycles. The molecule has 1 aliphatic rings. The van der Waals surface area contributed by atoms with Crippen LogP contribution in [0.1, 0.15) is 11.7 Å². The molecule has 1 aliphatic heterocycles. The summed E-state index contributed by atoms with van der Waals surface area (Å²) in [5, 5.41) is 0. The summed E-state index contributed by atoms with van der Waals surface area (Å²) in [6, 6.07) is 18.6. The van der Waals surface area contributed by atoms with E-state index in [0.29, 0.717) is 5.69 Å². The first-order chi connectivity index (χ1) is 12.6. The molecule has 0 fully saturated rings. The van der Waals surface area contributed by atoms with E-state index in [1.807, 2.05) is 60.7 Å². The monoisotopic (exact) mass is 417 g/mol. The van der Waals surface area contributed by atoms with Gasteiger partial charge in [-0.2, -0.15) is 0 Å². The first-order valence-electron chi connectivity index (χ1n) is 7.88. The number of benzene rings is 2. The van der Waals surface area contributed by atoms with Crippen LogP contribution in [0.3, 0.4) is 0 Å². The third kappa shape index (κ3) is 2.69. The molecular weight excluding hydrogens is 399 g/mol. The van der Waals surface area contributed by atoms with Crippen molar-refractivity contribution in [1.29, 1.82) is 0 Å². The summed E-state index contributed by atoms with van der Waals surface area (Å²) in [6.45, 7) is 0. The molecule has 0 spiro atoms. The molecule has 0 N–H and O–H groups in total. The van der Waals surface area contributed by atoms with Gasteiger partial charge in [0.1, 0.15) is 0 Å². The van der Waals surface area contributed by atoms with Crippen LogP contribution in [0.2, 0.25) is 0 Å². The van der Waals surface area contributed by atoms with Crippen LogP contribution in [-0.2, 0) is 19.1 Å². The number of esters is 2. The van der Waals surface area contributed by atoms with Crippen LogP contribution in [0, 0.1) is 0 Å². The second-order valence-electron chi connectivity index (χ2n) is 5.62. The molecule has 1 atom stereocenters. The van der Waals surface area contributed by atoms with Gasteiger partial charge in [0.15, 0.2) is 0 Å². The zero-order valence-electron chi connectivity index (χ0n) is 14.3. The van der Waals surface area contributed by atoms with Gasteiger partial charge in [0.05, 0.1) is 0 Å². The number of carbonyl (C=O) groups is 2. The van der Waals surface area contributed by atoms with Crippen molar-refractivity contribution in [3.8, 4) is 0 Å². The molecule has 0 bridgehead atoms. The quantitative estimate of drug-likeness (QED) is 0.433. The van der Waals surface area contributed by atoms with Crippen LogP contribution < -0.4 is 4.90 Å². The average molecular weight is 416 g/mol. The Hall–Kier alpha value is -2.63. The normalized spacial score (nSPS) is 18.2. The fraction of sp³-hybridized carbons (Fsp3) is 0.211. The number of para-hydroxylation sites is 1. The standard InChI is InChI=1S/C19H17N2O4Se/c1-24-17(22)19(18(23)25-2)16(26)20-15(13-9-5-3-6-10-13)21(19)14-11-7-4-8-12-14/h3-12,15H,1-2H3. The van der Waals surface area contributed by atoms with Crippen molar-refractivity contribution in [3.63, 3.8) is 0 Å². The van der Waals surface area contributed by atoms with E-state index < -0.39 is 23.6 Å². The summed E-state index contributed by atoms with van der Waals surface area (Å²) in [5.74, 6) is -1.52. The summed E-state index contributed by atoms with van der Waals surface area (Å²) in [7, 11) is 2.47. The van der Waals surface area contributed by atoms with E-state index in [1.54, 1.807) is 4.90 Å². The van der Waals surface area contributed by atoms with Gasteiger partial charge < -0.3 is 0 Å². The number of aliphatic imine (C=N–C) groups is 1. The molecule has 1 heterocycles. The van der Waals surface area contributed by atoms with Crippen LogP contribution >= 0.6 is 0 Å². The number of nitrogens with zero attached hydrogens (tertiary/aromatic N) is 2. The van der Waals surface area contributed by atoms with Gasteiger partial charge in [-0.25, -0.2) is 0 Å². The Labute approximate surface area is 159 Å². The molecular formula is C19H17N2O4Se. The molecule has 2 aromatic rings. The second-order valence-corrected chi connectivity index (χ2v) is 6.43. The van der Waals surface area contributed by atoms with Gasteiger partial charge in [0.2, 0.25) is 0 Å². The molecule has 3 rings (SSSR count). The zero-order chi connectivity index (χ0) is 18.7. The van der Waals surface area contributed by atoms with Gasteiger partial charge in [0.25, 0.3) is 0 Å². The summed E-state index contributed by atoms with van der Waals surface area (Å²) >= 11 is 2.77. The van der Waals surface area contributed by atoms with Crippen LogP contribution in [0.25, 0.3) is 0 Å². The molecule has 0 saturated carbocycles.